The number of carboxylic acids is 1. The quantitative estimate of drug-likeness (QED) is 0.636. The maximum absolute atomic E-state index is 12.1. The van der Waals surface area contributed by atoms with E-state index in [0.717, 1.165) is 12.8 Å². The van der Waals surface area contributed by atoms with Crippen LogP contribution in [0.4, 0.5) is 0 Å². The lowest BCUT2D eigenvalue weighted by Crippen LogP contribution is -2.37. The fourth-order valence-corrected chi connectivity index (χ4v) is 1.81. The van der Waals surface area contributed by atoms with Crippen LogP contribution in [-0.4, -0.2) is 50.5 Å². The standard InChI is InChI=1S/C16H23NO6/c1-4-5-8-23-12-7-6-11(9-13(12)21-2)15(18)17-10-14(22-3)16(19)20/h6-7,9,14H,4-5,8,10H2,1-3H3,(H,17,18)(H,19,20). The molecule has 7 heteroatoms. The molecule has 0 aliphatic heterocycles. The molecule has 1 aromatic carbocycles. The second kappa shape index (κ2) is 9.68. The second-order valence-corrected chi connectivity index (χ2v) is 4.84. The summed E-state index contributed by atoms with van der Waals surface area (Å²) < 4.78 is 15.6. The van der Waals surface area contributed by atoms with E-state index in [4.69, 9.17) is 19.3 Å². The molecule has 7 nitrogen and oxygen atoms in total. The highest BCUT2D eigenvalue weighted by atomic mass is 16.5. The van der Waals surface area contributed by atoms with Gasteiger partial charge in [0.1, 0.15) is 0 Å². The van der Waals surface area contributed by atoms with E-state index in [1.807, 2.05) is 0 Å². The third-order valence-electron chi connectivity index (χ3n) is 3.19. The number of hydrogen-bond acceptors (Lipinski definition) is 5. The lowest BCUT2D eigenvalue weighted by molar-refractivity contribution is -0.148. The minimum atomic E-state index is -1.13. The van der Waals surface area contributed by atoms with Crippen LogP contribution in [0.3, 0.4) is 0 Å². The van der Waals surface area contributed by atoms with E-state index in [9.17, 15) is 9.59 Å². The lowest BCUT2D eigenvalue weighted by atomic mass is 10.2. The van der Waals surface area contributed by atoms with Gasteiger partial charge >= 0.3 is 5.97 Å². The molecule has 0 fully saturated rings. The number of methoxy groups -OCH3 is 2. The van der Waals surface area contributed by atoms with Crippen LogP contribution in [-0.2, 0) is 9.53 Å². The molecule has 1 aromatic rings. The van der Waals surface area contributed by atoms with Gasteiger partial charge in [0.15, 0.2) is 17.6 Å². The number of aliphatic carboxylic acids is 1. The molecule has 0 aliphatic rings. The Bertz CT molecular complexity index is 531. The highest BCUT2D eigenvalue weighted by Gasteiger charge is 2.18. The average molecular weight is 325 g/mol. The molecule has 0 saturated carbocycles. The molecule has 1 atom stereocenters. The van der Waals surface area contributed by atoms with Crippen molar-refractivity contribution in [1.29, 1.82) is 0 Å². The topological polar surface area (TPSA) is 94.1 Å². The minimum absolute atomic E-state index is 0.123. The van der Waals surface area contributed by atoms with Gasteiger partial charge in [-0.15, -0.1) is 0 Å². The van der Waals surface area contributed by atoms with Gasteiger partial charge in [0.05, 0.1) is 20.3 Å². The third kappa shape index (κ3) is 5.78. The largest absolute Gasteiger partial charge is 0.493 e. The van der Waals surface area contributed by atoms with E-state index in [1.54, 1.807) is 18.2 Å². The maximum Gasteiger partial charge on any atom is 0.334 e. The van der Waals surface area contributed by atoms with Crippen LogP contribution in [0.2, 0.25) is 0 Å². The molecule has 1 amide bonds. The van der Waals surface area contributed by atoms with Gasteiger partial charge in [0.25, 0.3) is 5.91 Å². The number of unbranched alkanes of at least 4 members (excludes halogenated alkanes) is 1. The van der Waals surface area contributed by atoms with Crippen molar-refractivity contribution in [3.63, 3.8) is 0 Å². The fourth-order valence-electron chi connectivity index (χ4n) is 1.81. The van der Waals surface area contributed by atoms with Crippen molar-refractivity contribution < 1.29 is 28.9 Å². The first kappa shape index (κ1) is 18.8. The van der Waals surface area contributed by atoms with Crippen LogP contribution in [0, 0.1) is 0 Å². The number of hydrogen-bond donors (Lipinski definition) is 2. The van der Waals surface area contributed by atoms with Crippen molar-refractivity contribution in [3.8, 4) is 11.5 Å². The molecule has 23 heavy (non-hydrogen) atoms. The average Bonchev–Trinajstić information content (AvgIpc) is 2.55. The van der Waals surface area contributed by atoms with Crippen LogP contribution in [0.25, 0.3) is 0 Å². The molecule has 0 saturated heterocycles. The van der Waals surface area contributed by atoms with Gasteiger partial charge in [0.2, 0.25) is 0 Å². The van der Waals surface area contributed by atoms with Crippen LogP contribution in [0.5, 0.6) is 11.5 Å². The minimum Gasteiger partial charge on any atom is -0.493 e. The lowest BCUT2D eigenvalue weighted by Gasteiger charge is -2.13. The van der Waals surface area contributed by atoms with E-state index in [1.165, 1.54) is 14.2 Å². The first-order valence-electron chi connectivity index (χ1n) is 7.38. The zero-order chi connectivity index (χ0) is 17.2. The Hall–Kier alpha value is -2.28. The zero-order valence-corrected chi connectivity index (χ0v) is 13.6. The van der Waals surface area contributed by atoms with E-state index in [0.29, 0.717) is 23.7 Å². The van der Waals surface area contributed by atoms with Crippen molar-refractivity contribution >= 4 is 11.9 Å². The monoisotopic (exact) mass is 325 g/mol. The van der Waals surface area contributed by atoms with Crippen molar-refractivity contribution in [1.82, 2.24) is 5.32 Å². The molecule has 1 rings (SSSR count). The van der Waals surface area contributed by atoms with Gasteiger partial charge in [0, 0.05) is 12.7 Å². The molecule has 128 valence electrons. The summed E-state index contributed by atoms with van der Waals surface area (Å²) in [6.45, 7) is 2.52. The number of carboxylic acid groups (broad SMARTS) is 1. The Kier molecular flexibility index (Phi) is 7.90. The first-order chi connectivity index (χ1) is 11.0. The molecule has 0 bridgehead atoms. The SMILES string of the molecule is CCCCOc1ccc(C(=O)NCC(OC)C(=O)O)cc1OC. The van der Waals surface area contributed by atoms with Crippen molar-refractivity contribution in [2.24, 2.45) is 0 Å². The summed E-state index contributed by atoms with van der Waals surface area (Å²) >= 11 is 0. The van der Waals surface area contributed by atoms with Crippen molar-refractivity contribution in [2.75, 3.05) is 27.4 Å². The summed E-state index contributed by atoms with van der Waals surface area (Å²) in [5, 5.41) is 11.4. The Morgan fingerprint density at radius 3 is 2.57 bits per heavy atom. The number of nitrogens with one attached hydrogen (secondary N) is 1. The van der Waals surface area contributed by atoms with Crippen molar-refractivity contribution in [3.05, 3.63) is 23.8 Å². The first-order valence-corrected chi connectivity index (χ1v) is 7.38. The molecule has 0 aromatic heterocycles. The van der Waals surface area contributed by atoms with Gasteiger partial charge in [-0.05, 0) is 24.6 Å². The van der Waals surface area contributed by atoms with E-state index in [-0.39, 0.29) is 6.54 Å². The van der Waals surface area contributed by atoms with Gasteiger partial charge in [-0.1, -0.05) is 13.3 Å². The second-order valence-electron chi connectivity index (χ2n) is 4.84. The summed E-state index contributed by atoms with van der Waals surface area (Å²) in [7, 11) is 2.77. The highest BCUT2D eigenvalue weighted by molar-refractivity contribution is 5.95. The summed E-state index contributed by atoms with van der Waals surface area (Å²) in [5.41, 5.74) is 0.352. The molecule has 0 aliphatic carbocycles. The van der Waals surface area contributed by atoms with Crippen LogP contribution in [0.1, 0.15) is 30.1 Å². The van der Waals surface area contributed by atoms with Gasteiger partial charge in [-0.3, -0.25) is 4.79 Å². The number of benzene rings is 1. The van der Waals surface area contributed by atoms with Gasteiger partial charge in [-0.25, -0.2) is 4.79 Å². The Morgan fingerprint density at radius 2 is 2.00 bits per heavy atom. The molecule has 1 unspecified atom stereocenters. The van der Waals surface area contributed by atoms with Gasteiger partial charge in [-0.2, -0.15) is 0 Å². The smallest absolute Gasteiger partial charge is 0.334 e. The Balaban J connectivity index is 2.72. The number of amides is 1. The number of rotatable bonds is 10. The number of carbonyl (C=O) groups is 2. The Labute approximate surface area is 135 Å². The van der Waals surface area contributed by atoms with Crippen molar-refractivity contribution in [2.45, 2.75) is 25.9 Å². The predicted molar refractivity (Wildman–Crippen MR) is 84.2 cm³/mol. The maximum atomic E-state index is 12.1. The highest BCUT2D eigenvalue weighted by Crippen LogP contribution is 2.28. The summed E-state index contributed by atoms with van der Waals surface area (Å²) in [6, 6.07) is 4.81. The molecular weight excluding hydrogens is 302 g/mol. The summed E-state index contributed by atoms with van der Waals surface area (Å²) in [5.74, 6) is -0.523. The number of carbonyl (C=O) groups excluding carboxylic acids is 1. The van der Waals surface area contributed by atoms with E-state index in [2.05, 4.69) is 12.2 Å². The third-order valence-corrected chi connectivity index (χ3v) is 3.19. The predicted octanol–water partition coefficient (Wildman–Crippen LogP) is 1.70. The Morgan fingerprint density at radius 1 is 1.26 bits per heavy atom. The van der Waals surface area contributed by atoms with E-state index >= 15 is 0 Å². The van der Waals surface area contributed by atoms with Crippen LogP contribution in [0.15, 0.2) is 18.2 Å². The van der Waals surface area contributed by atoms with Crippen LogP contribution < -0.4 is 14.8 Å². The summed E-state index contributed by atoms with van der Waals surface area (Å²) in [6.07, 6.45) is 0.865. The molecule has 2 N–H and O–H groups in total. The van der Waals surface area contributed by atoms with E-state index < -0.39 is 18.0 Å². The zero-order valence-electron chi connectivity index (χ0n) is 13.6. The van der Waals surface area contributed by atoms with Gasteiger partial charge < -0.3 is 24.6 Å². The summed E-state index contributed by atoms with van der Waals surface area (Å²) in [4.78, 5) is 22.9. The molecule has 0 spiro atoms. The molecule has 0 radical (unpaired) electrons. The number of ether oxygens (including phenoxy) is 3. The molecule has 0 heterocycles. The molecular formula is C16H23NO6. The fraction of sp³-hybridized carbons (Fsp3) is 0.500. The van der Waals surface area contributed by atoms with Crippen LogP contribution >= 0.6 is 0 Å². The normalized spacial score (nSPS) is 11.6.